The first-order valence-corrected chi connectivity index (χ1v) is 3.66. The topological polar surface area (TPSA) is 62.7 Å². The standard InChI is InChI=1S/C8H6F3N3/c9-5-3-4(7(10)11)6(1-2-12)14-8(5)13/h3,7H,1H2,(H2,13,14). The Morgan fingerprint density at radius 1 is 1.57 bits per heavy atom. The van der Waals surface area contributed by atoms with Crippen LogP contribution >= 0.6 is 0 Å². The van der Waals surface area contributed by atoms with E-state index in [1.807, 2.05) is 0 Å². The number of nitrogen functional groups attached to an aromatic ring is 1. The van der Waals surface area contributed by atoms with Gasteiger partial charge < -0.3 is 5.73 Å². The van der Waals surface area contributed by atoms with Crippen molar-refractivity contribution in [3.63, 3.8) is 0 Å². The highest BCUT2D eigenvalue weighted by molar-refractivity contribution is 5.37. The number of hydrogen-bond donors (Lipinski definition) is 1. The molecule has 0 fully saturated rings. The second-order valence-corrected chi connectivity index (χ2v) is 2.53. The predicted molar refractivity (Wildman–Crippen MR) is 42.9 cm³/mol. The minimum atomic E-state index is -2.86. The van der Waals surface area contributed by atoms with Gasteiger partial charge in [0.05, 0.1) is 18.2 Å². The van der Waals surface area contributed by atoms with Crippen LogP contribution in [0.3, 0.4) is 0 Å². The number of aromatic nitrogens is 1. The summed E-state index contributed by atoms with van der Waals surface area (Å²) in [5.74, 6) is -1.47. The summed E-state index contributed by atoms with van der Waals surface area (Å²) in [4.78, 5) is 3.38. The minimum Gasteiger partial charge on any atom is -0.381 e. The van der Waals surface area contributed by atoms with E-state index in [1.165, 1.54) is 0 Å². The highest BCUT2D eigenvalue weighted by Crippen LogP contribution is 2.24. The molecule has 0 radical (unpaired) electrons. The summed E-state index contributed by atoms with van der Waals surface area (Å²) < 4.78 is 37.4. The quantitative estimate of drug-likeness (QED) is 0.793. The molecule has 1 heterocycles. The zero-order valence-corrected chi connectivity index (χ0v) is 6.97. The van der Waals surface area contributed by atoms with Crippen molar-refractivity contribution < 1.29 is 13.2 Å². The van der Waals surface area contributed by atoms with Gasteiger partial charge in [-0.15, -0.1) is 0 Å². The number of rotatable bonds is 2. The van der Waals surface area contributed by atoms with Crippen LogP contribution in [0.2, 0.25) is 0 Å². The number of nitriles is 1. The number of nitrogens with two attached hydrogens (primary N) is 1. The molecule has 2 N–H and O–H groups in total. The van der Waals surface area contributed by atoms with Gasteiger partial charge in [-0.05, 0) is 6.07 Å². The van der Waals surface area contributed by atoms with Crippen molar-refractivity contribution in [2.45, 2.75) is 12.8 Å². The molecule has 1 aromatic heterocycles. The Morgan fingerprint density at radius 2 is 2.21 bits per heavy atom. The second kappa shape index (κ2) is 3.96. The van der Waals surface area contributed by atoms with E-state index in [2.05, 4.69) is 4.98 Å². The zero-order valence-electron chi connectivity index (χ0n) is 6.97. The van der Waals surface area contributed by atoms with E-state index in [0.717, 1.165) is 0 Å². The van der Waals surface area contributed by atoms with E-state index >= 15 is 0 Å². The van der Waals surface area contributed by atoms with Crippen LogP contribution in [0.4, 0.5) is 19.0 Å². The van der Waals surface area contributed by atoms with Gasteiger partial charge in [0.1, 0.15) is 0 Å². The Kier molecular flexibility index (Phi) is 2.92. The Hall–Kier alpha value is -1.77. The molecular weight excluding hydrogens is 195 g/mol. The smallest absolute Gasteiger partial charge is 0.265 e. The van der Waals surface area contributed by atoms with Crippen molar-refractivity contribution in [2.75, 3.05) is 5.73 Å². The number of alkyl halides is 2. The maximum atomic E-state index is 12.8. The number of hydrogen-bond acceptors (Lipinski definition) is 3. The third-order valence-corrected chi connectivity index (χ3v) is 1.60. The van der Waals surface area contributed by atoms with Crippen LogP contribution < -0.4 is 5.73 Å². The van der Waals surface area contributed by atoms with Crippen LogP contribution in [0, 0.1) is 17.1 Å². The third-order valence-electron chi connectivity index (χ3n) is 1.60. The van der Waals surface area contributed by atoms with Gasteiger partial charge in [0.25, 0.3) is 6.43 Å². The first-order valence-electron chi connectivity index (χ1n) is 3.66. The molecule has 0 saturated heterocycles. The molecule has 0 unspecified atom stereocenters. The average molecular weight is 201 g/mol. The Labute approximate surface area is 78.0 Å². The molecule has 0 amide bonds. The van der Waals surface area contributed by atoms with Gasteiger partial charge in [0.2, 0.25) is 0 Å². The van der Waals surface area contributed by atoms with E-state index in [-0.39, 0.29) is 12.1 Å². The van der Waals surface area contributed by atoms with Gasteiger partial charge >= 0.3 is 0 Å². The molecule has 74 valence electrons. The number of anilines is 1. The molecule has 1 aromatic rings. The molecule has 0 aromatic carbocycles. The number of halogens is 3. The second-order valence-electron chi connectivity index (χ2n) is 2.53. The molecule has 0 atom stereocenters. The lowest BCUT2D eigenvalue weighted by Gasteiger charge is -2.06. The van der Waals surface area contributed by atoms with E-state index in [0.29, 0.717) is 6.07 Å². The monoisotopic (exact) mass is 201 g/mol. The summed E-state index contributed by atoms with van der Waals surface area (Å²) in [6.07, 6.45) is -3.18. The molecule has 0 aliphatic rings. The highest BCUT2D eigenvalue weighted by atomic mass is 19.3. The van der Waals surface area contributed by atoms with Crippen LogP contribution in [0.25, 0.3) is 0 Å². The summed E-state index contributed by atoms with van der Waals surface area (Å²) in [6, 6.07) is 2.26. The molecule has 0 aliphatic carbocycles. The largest absolute Gasteiger partial charge is 0.381 e. The first-order chi connectivity index (χ1) is 6.56. The first kappa shape index (κ1) is 10.3. The van der Waals surface area contributed by atoms with Crippen LogP contribution in [0.5, 0.6) is 0 Å². The van der Waals surface area contributed by atoms with Crippen molar-refractivity contribution in [1.29, 1.82) is 5.26 Å². The molecule has 3 nitrogen and oxygen atoms in total. The van der Waals surface area contributed by atoms with Gasteiger partial charge in [-0.2, -0.15) is 5.26 Å². The highest BCUT2D eigenvalue weighted by Gasteiger charge is 2.17. The molecule has 0 saturated carbocycles. The molecule has 14 heavy (non-hydrogen) atoms. The van der Waals surface area contributed by atoms with Crippen molar-refractivity contribution in [2.24, 2.45) is 0 Å². The van der Waals surface area contributed by atoms with Gasteiger partial charge in [0, 0.05) is 5.56 Å². The van der Waals surface area contributed by atoms with Crippen molar-refractivity contribution in [1.82, 2.24) is 4.98 Å². The van der Waals surface area contributed by atoms with Crippen LogP contribution in [0.15, 0.2) is 6.07 Å². The van der Waals surface area contributed by atoms with Gasteiger partial charge in [-0.1, -0.05) is 0 Å². The summed E-state index contributed by atoms with van der Waals surface area (Å²) in [5, 5.41) is 8.32. The van der Waals surface area contributed by atoms with Crippen LogP contribution in [-0.2, 0) is 6.42 Å². The third kappa shape index (κ3) is 1.93. The maximum Gasteiger partial charge on any atom is 0.265 e. The van der Waals surface area contributed by atoms with Gasteiger partial charge in [-0.25, -0.2) is 18.2 Å². The fourth-order valence-corrected chi connectivity index (χ4v) is 0.963. The van der Waals surface area contributed by atoms with Crippen LogP contribution in [0.1, 0.15) is 17.7 Å². The summed E-state index contributed by atoms with van der Waals surface area (Å²) in [6.45, 7) is 0. The maximum absolute atomic E-state index is 12.8. The fourth-order valence-electron chi connectivity index (χ4n) is 0.963. The molecule has 6 heteroatoms. The van der Waals surface area contributed by atoms with Crippen molar-refractivity contribution >= 4 is 5.82 Å². The molecule has 0 spiro atoms. The lowest BCUT2D eigenvalue weighted by molar-refractivity contribution is 0.149. The molecule has 0 aliphatic heterocycles. The van der Waals surface area contributed by atoms with Gasteiger partial charge in [-0.3, -0.25) is 0 Å². The molecular formula is C8H6F3N3. The van der Waals surface area contributed by atoms with E-state index in [4.69, 9.17) is 11.0 Å². The number of nitrogens with zero attached hydrogens (tertiary/aromatic N) is 2. The van der Waals surface area contributed by atoms with Crippen LogP contribution in [-0.4, -0.2) is 4.98 Å². The van der Waals surface area contributed by atoms with Crippen molar-refractivity contribution in [3.05, 3.63) is 23.1 Å². The van der Waals surface area contributed by atoms with Gasteiger partial charge in [0.15, 0.2) is 11.6 Å². The summed E-state index contributed by atoms with van der Waals surface area (Å²) in [7, 11) is 0. The Bertz CT molecular complexity index is 384. The zero-order chi connectivity index (χ0) is 10.7. The normalized spacial score (nSPS) is 10.2. The van der Waals surface area contributed by atoms with E-state index < -0.39 is 23.6 Å². The summed E-state index contributed by atoms with van der Waals surface area (Å²) >= 11 is 0. The van der Waals surface area contributed by atoms with E-state index in [1.54, 1.807) is 6.07 Å². The van der Waals surface area contributed by atoms with Crippen molar-refractivity contribution in [3.8, 4) is 6.07 Å². The SMILES string of the molecule is N#CCc1nc(N)c(F)cc1C(F)F. The lowest BCUT2D eigenvalue weighted by atomic mass is 10.1. The Morgan fingerprint density at radius 3 is 2.71 bits per heavy atom. The minimum absolute atomic E-state index is 0.179. The fraction of sp³-hybridized carbons (Fsp3) is 0.250. The molecule has 1 rings (SSSR count). The lowest BCUT2D eigenvalue weighted by Crippen LogP contribution is -2.04. The number of pyridine rings is 1. The predicted octanol–water partition coefficient (Wildman–Crippen LogP) is 1.81. The van der Waals surface area contributed by atoms with E-state index in [9.17, 15) is 13.2 Å². The Balaban J connectivity index is 3.25. The summed E-state index contributed by atoms with van der Waals surface area (Å²) in [5.41, 5.74) is 4.32. The molecule has 0 bridgehead atoms. The average Bonchev–Trinajstić information content (AvgIpc) is 2.11.